The number of carboxylic acid groups (broad SMARTS) is 1. The summed E-state index contributed by atoms with van der Waals surface area (Å²) in [7, 11) is 0. The molecular formula is C14H17N3O3. The third-order valence-electron chi connectivity index (χ3n) is 3.07. The van der Waals surface area contributed by atoms with E-state index in [1.54, 1.807) is 24.3 Å². The number of nitrogens with zero attached hydrogens (tertiary/aromatic N) is 1. The Labute approximate surface area is 115 Å². The molecule has 0 saturated heterocycles. The molecule has 106 valence electrons. The summed E-state index contributed by atoms with van der Waals surface area (Å²) in [6.07, 6.45) is 2.19. The van der Waals surface area contributed by atoms with E-state index in [1.165, 1.54) is 0 Å². The lowest BCUT2D eigenvalue weighted by Crippen LogP contribution is -2.31. The SMILES string of the molecule is CCCC[C@H](Nc1nc2ccccc2c(=O)[nH]1)C(=O)O. The molecule has 2 aromatic rings. The van der Waals surface area contributed by atoms with Gasteiger partial charge < -0.3 is 10.4 Å². The van der Waals surface area contributed by atoms with E-state index in [9.17, 15) is 9.59 Å². The van der Waals surface area contributed by atoms with Crippen LogP contribution < -0.4 is 10.9 Å². The summed E-state index contributed by atoms with van der Waals surface area (Å²) in [4.78, 5) is 29.9. The molecule has 0 bridgehead atoms. The van der Waals surface area contributed by atoms with Crippen molar-refractivity contribution in [2.45, 2.75) is 32.2 Å². The van der Waals surface area contributed by atoms with Crippen LogP contribution in [0.1, 0.15) is 26.2 Å². The van der Waals surface area contributed by atoms with Gasteiger partial charge in [0.05, 0.1) is 10.9 Å². The zero-order chi connectivity index (χ0) is 14.5. The number of benzene rings is 1. The van der Waals surface area contributed by atoms with Crippen LogP contribution in [0.25, 0.3) is 10.9 Å². The summed E-state index contributed by atoms with van der Waals surface area (Å²) >= 11 is 0. The molecule has 1 atom stereocenters. The average molecular weight is 275 g/mol. The zero-order valence-corrected chi connectivity index (χ0v) is 11.2. The van der Waals surface area contributed by atoms with Crippen molar-refractivity contribution in [1.29, 1.82) is 0 Å². The number of hydrogen-bond acceptors (Lipinski definition) is 4. The van der Waals surface area contributed by atoms with Crippen LogP contribution in [0.5, 0.6) is 0 Å². The van der Waals surface area contributed by atoms with Gasteiger partial charge in [-0.15, -0.1) is 0 Å². The van der Waals surface area contributed by atoms with E-state index in [0.29, 0.717) is 17.3 Å². The number of para-hydroxylation sites is 1. The Bertz CT molecular complexity index is 666. The topological polar surface area (TPSA) is 95.1 Å². The van der Waals surface area contributed by atoms with Gasteiger partial charge in [-0.3, -0.25) is 9.78 Å². The Kier molecular flexibility index (Phi) is 4.34. The number of hydrogen-bond donors (Lipinski definition) is 3. The van der Waals surface area contributed by atoms with Gasteiger partial charge in [-0.1, -0.05) is 31.9 Å². The molecule has 0 fully saturated rings. The number of aliphatic carboxylic acids is 1. The minimum Gasteiger partial charge on any atom is -0.480 e. The van der Waals surface area contributed by atoms with E-state index < -0.39 is 12.0 Å². The third kappa shape index (κ3) is 3.14. The van der Waals surface area contributed by atoms with E-state index in [-0.39, 0.29) is 11.5 Å². The fourth-order valence-corrected chi connectivity index (χ4v) is 1.99. The van der Waals surface area contributed by atoms with E-state index in [1.807, 2.05) is 6.92 Å². The molecule has 6 heteroatoms. The second kappa shape index (κ2) is 6.18. The van der Waals surface area contributed by atoms with Crippen LogP contribution in [-0.2, 0) is 4.79 Å². The number of fused-ring (bicyclic) bond motifs is 1. The second-order valence-corrected chi connectivity index (χ2v) is 4.61. The maximum absolute atomic E-state index is 11.9. The lowest BCUT2D eigenvalue weighted by atomic mass is 10.1. The minimum atomic E-state index is -0.950. The molecule has 1 aromatic heterocycles. The number of rotatable bonds is 6. The van der Waals surface area contributed by atoms with Crippen molar-refractivity contribution < 1.29 is 9.90 Å². The molecule has 0 saturated carbocycles. The molecule has 0 aliphatic heterocycles. The Hall–Kier alpha value is -2.37. The number of aromatic nitrogens is 2. The summed E-state index contributed by atoms with van der Waals surface area (Å²) in [5, 5.41) is 12.4. The first-order valence-electron chi connectivity index (χ1n) is 6.60. The number of carbonyl (C=O) groups is 1. The van der Waals surface area contributed by atoms with E-state index >= 15 is 0 Å². The van der Waals surface area contributed by atoms with Crippen molar-refractivity contribution in [1.82, 2.24) is 9.97 Å². The van der Waals surface area contributed by atoms with E-state index in [0.717, 1.165) is 12.8 Å². The van der Waals surface area contributed by atoms with Crippen LogP contribution in [0.4, 0.5) is 5.95 Å². The van der Waals surface area contributed by atoms with E-state index in [4.69, 9.17) is 5.11 Å². The first-order valence-corrected chi connectivity index (χ1v) is 6.60. The summed E-state index contributed by atoms with van der Waals surface area (Å²) in [5.41, 5.74) is 0.260. The van der Waals surface area contributed by atoms with Crippen molar-refractivity contribution >= 4 is 22.8 Å². The fourth-order valence-electron chi connectivity index (χ4n) is 1.99. The standard InChI is InChI=1S/C14H17N3O3/c1-2-3-7-11(13(19)20)16-14-15-10-8-5-4-6-9(10)12(18)17-14/h4-6,8,11H,2-3,7H2,1H3,(H,19,20)(H2,15,16,17,18)/t11-/m0/s1. The number of carboxylic acids is 1. The number of H-pyrrole nitrogens is 1. The first kappa shape index (κ1) is 14.0. The number of anilines is 1. The van der Waals surface area contributed by atoms with E-state index in [2.05, 4.69) is 15.3 Å². The molecule has 0 aliphatic rings. The normalized spacial score (nSPS) is 12.2. The van der Waals surface area contributed by atoms with Crippen LogP contribution in [0, 0.1) is 0 Å². The minimum absolute atomic E-state index is 0.192. The van der Waals surface area contributed by atoms with Gasteiger partial charge in [0.2, 0.25) is 5.95 Å². The molecule has 6 nitrogen and oxygen atoms in total. The molecule has 0 radical (unpaired) electrons. The number of unbranched alkanes of at least 4 members (excludes halogenated alkanes) is 1. The lowest BCUT2D eigenvalue weighted by molar-refractivity contribution is -0.138. The molecule has 0 amide bonds. The van der Waals surface area contributed by atoms with Crippen molar-refractivity contribution in [2.24, 2.45) is 0 Å². The zero-order valence-electron chi connectivity index (χ0n) is 11.2. The van der Waals surface area contributed by atoms with Crippen LogP contribution in [0.15, 0.2) is 29.1 Å². The Morgan fingerprint density at radius 1 is 1.45 bits per heavy atom. The van der Waals surface area contributed by atoms with Crippen LogP contribution in [-0.4, -0.2) is 27.1 Å². The summed E-state index contributed by atoms with van der Waals surface area (Å²) in [5.74, 6) is -0.758. The van der Waals surface area contributed by atoms with Gasteiger partial charge in [-0.25, -0.2) is 9.78 Å². The summed E-state index contributed by atoms with van der Waals surface area (Å²) < 4.78 is 0. The van der Waals surface area contributed by atoms with Crippen molar-refractivity contribution in [3.05, 3.63) is 34.6 Å². The highest BCUT2D eigenvalue weighted by Crippen LogP contribution is 2.11. The Balaban J connectivity index is 2.28. The highest BCUT2D eigenvalue weighted by molar-refractivity contribution is 5.80. The highest BCUT2D eigenvalue weighted by atomic mass is 16.4. The smallest absolute Gasteiger partial charge is 0.326 e. The first-order chi connectivity index (χ1) is 9.61. The van der Waals surface area contributed by atoms with Crippen LogP contribution in [0.3, 0.4) is 0 Å². The summed E-state index contributed by atoms with van der Waals surface area (Å²) in [6.45, 7) is 2.00. The van der Waals surface area contributed by atoms with Gasteiger partial charge in [0.25, 0.3) is 5.56 Å². The quantitative estimate of drug-likeness (QED) is 0.749. The van der Waals surface area contributed by atoms with Gasteiger partial charge in [-0.2, -0.15) is 0 Å². The van der Waals surface area contributed by atoms with Gasteiger partial charge in [0.15, 0.2) is 0 Å². The monoisotopic (exact) mass is 275 g/mol. The molecule has 1 heterocycles. The molecule has 2 rings (SSSR count). The molecule has 0 unspecified atom stereocenters. The van der Waals surface area contributed by atoms with Crippen molar-refractivity contribution in [3.63, 3.8) is 0 Å². The molecule has 3 N–H and O–H groups in total. The van der Waals surface area contributed by atoms with Crippen molar-refractivity contribution in [2.75, 3.05) is 5.32 Å². The predicted octanol–water partition coefficient (Wildman–Crippen LogP) is 1.98. The van der Waals surface area contributed by atoms with Crippen LogP contribution >= 0.6 is 0 Å². The molecule has 0 aliphatic carbocycles. The van der Waals surface area contributed by atoms with Crippen LogP contribution in [0.2, 0.25) is 0 Å². The average Bonchev–Trinajstić information content (AvgIpc) is 2.43. The Morgan fingerprint density at radius 3 is 2.90 bits per heavy atom. The van der Waals surface area contributed by atoms with Gasteiger partial charge in [0, 0.05) is 0 Å². The van der Waals surface area contributed by atoms with Gasteiger partial charge in [0.1, 0.15) is 6.04 Å². The Morgan fingerprint density at radius 2 is 2.20 bits per heavy atom. The second-order valence-electron chi connectivity index (χ2n) is 4.61. The molecule has 1 aromatic carbocycles. The fraction of sp³-hybridized carbons (Fsp3) is 0.357. The maximum Gasteiger partial charge on any atom is 0.326 e. The predicted molar refractivity (Wildman–Crippen MR) is 76.9 cm³/mol. The highest BCUT2D eigenvalue weighted by Gasteiger charge is 2.17. The summed E-state index contributed by atoms with van der Waals surface area (Å²) in [6, 6.07) is 6.19. The molecule has 20 heavy (non-hydrogen) atoms. The van der Waals surface area contributed by atoms with Crippen molar-refractivity contribution in [3.8, 4) is 0 Å². The van der Waals surface area contributed by atoms with Gasteiger partial charge >= 0.3 is 5.97 Å². The molecular weight excluding hydrogens is 258 g/mol. The molecule has 0 spiro atoms. The maximum atomic E-state index is 11.9. The third-order valence-corrected chi connectivity index (χ3v) is 3.07. The van der Waals surface area contributed by atoms with Gasteiger partial charge in [-0.05, 0) is 18.6 Å². The number of aromatic amines is 1. The number of nitrogens with one attached hydrogen (secondary N) is 2. The lowest BCUT2D eigenvalue weighted by Gasteiger charge is -2.14. The largest absolute Gasteiger partial charge is 0.480 e.